The van der Waals surface area contributed by atoms with Gasteiger partial charge in [0.05, 0.1) is 6.54 Å². The Morgan fingerprint density at radius 1 is 1.10 bits per heavy atom. The number of benzene rings is 1. The maximum atomic E-state index is 6.33. The fourth-order valence-electron chi connectivity index (χ4n) is 2.44. The fraction of sp³-hybridized carbons (Fsp3) is 0.176. The van der Waals surface area contributed by atoms with Gasteiger partial charge in [0, 0.05) is 24.4 Å². The van der Waals surface area contributed by atoms with E-state index in [1.54, 1.807) is 12.4 Å². The summed E-state index contributed by atoms with van der Waals surface area (Å²) in [5.74, 6) is 1.69. The number of nitrogen functional groups attached to an aromatic ring is 1. The van der Waals surface area contributed by atoms with Crippen molar-refractivity contribution in [1.29, 1.82) is 0 Å². The normalized spacial score (nSPS) is 10.7. The lowest BCUT2D eigenvalue weighted by molar-refractivity contribution is 0.740. The zero-order chi connectivity index (χ0) is 14.7. The summed E-state index contributed by atoms with van der Waals surface area (Å²) in [7, 11) is 0. The molecule has 0 aliphatic carbocycles. The summed E-state index contributed by atoms with van der Waals surface area (Å²) in [5.41, 5.74) is 9.32. The SMILES string of the molecule is CCc1nc(-c2cccnc2)c(N)n1Cc1ccccc1. The molecule has 0 bridgehead atoms. The molecule has 0 atom stereocenters. The van der Waals surface area contributed by atoms with E-state index in [2.05, 4.69) is 28.6 Å². The Morgan fingerprint density at radius 2 is 1.90 bits per heavy atom. The molecule has 2 aromatic heterocycles. The minimum Gasteiger partial charge on any atom is -0.383 e. The maximum Gasteiger partial charge on any atom is 0.132 e. The van der Waals surface area contributed by atoms with Crippen LogP contribution in [-0.4, -0.2) is 14.5 Å². The summed E-state index contributed by atoms with van der Waals surface area (Å²) in [6, 6.07) is 14.2. The average Bonchev–Trinajstić information content (AvgIpc) is 2.86. The van der Waals surface area contributed by atoms with Gasteiger partial charge in [-0.25, -0.2) is 4.98 Å². The minimum atomic E-state index is 0.698. The van der Waals surface area contributed by atoms with E-state index in [-0.39, 0.29) is 0 Å². The molecule has 0 aliphatic rings. The summed E-state index contributed by atoms with van der Waals surface area (Å²) in [6.45, 7) is 2.83. The van der Waals surface area contributed by atoms with Gasteiger partial charge in [-0.15, -0.1) is 0 Å². The van der Waals surface area contributed by atoms with Gasteiger partial charge in [0.2, 0.25) is 0 Å². The maximum absolute atomic E-state index is 6.33. The molecule has 0 saturated carbocycles. The monoisotopic (exact) mass is 278 g/mol. The van der Waals surface area contributed by atoms with Crippen molar-refractivity contribution in [3.63, 3.8) is 0 Å². The van der Waals surface area contributed by atoms with Crippen molar-refractivity contribution in [1.82, 2.24) is 14.5 Å². The van der Waals surface area contributed by atoms with E-state index in [4.69, 9.17) is 10.7 Å². The molecule has 4 nitrogen and oxygen atoms in total. The number of rotatable bonds is 4. The van der Waals surface area contributed by atoms with Gasteiger partial charge in [0.25, 0.3) is 0 Å². The highest BCUT2D eigenvalue weighted by Gasteiger charge is 2.15. The summed E-state index contributed by atoms with van der Waals surface area (Å²) < 4.78 is 2.08. The number of anilines is 1. The Hall–Kier alpha value is -2.62. The Bertz CT molecular complexity index is 717. The van der Waals surface area contributed by atoms with Gasteiger partial charge in [-0.3, -0.25) is 4.98 Å². The Morgan fingerprint density at radius 3 is 2.57 bits per heavy atom. The highest BCUT2D eigenvalue weighted by atomic mass is 15.1. The number of aromatic nitrogens is 3. The van der Waals surface area contributed by atoms with Crippen LogP contribution in [0, 0.1) is 0 Å². The van der Waals surface area contributed by atoms with Crippen LogP contribution in [0.4, 0.5) is 5.82 Å². The van der Waals surface area contributed by atoms with Crippen LogP contribution in [0.2, 0.25) is 0 Å². The number of nitrogens with two attached hydrogens (primary N) is 1. The van der Waals surface area contributed by atoms with Gasteiger partial charge in [-0.05, 0) is 17.7 Å². The van der Waals surface area contributed by atoms with Crippen molar-refractivity contribution in [3.05, 3.63) is 66.2 Å². The van der Waals surface area contributed by atoms with E-state index >= 15 is 0 Å². The third-order valence-corrected chi connectivity index (χ3v) is 3.52. The minimum absolute atomic E-state index is 0.698. The number of hydrogen-bond donors (Lipinski definition) is 1. The topological polar surface area (TPSA) is 56.7 Å². The van der Waals surface area contributed by atoms with Gasteiger partial charge >= 0.3 is 0 Å². The number of pyridine rings is 1. The van der Waals surface area contributed by atoms with Crippen molar-refractivity contribution >= 4 is 5.82 Å². The van der Waals surface area contributed by atoms with Crippen LogP contribution in [0.5, 0.6) is 0 Å². The molecule has 0 amide bonds. The second kappa shape index (κ2) is 5.79. The van der Waals surface area contributed by atoms with E-state index in [0.29, 0.717) is 5.82 Å². The zero-order valence-electron chi connectivity index (χ0n) is 12.0. The summed E-state index contributed by atoms with van der Waals surface area (Å²) >= 11 is 0. The van der Waals surface area contributed by atoms with Crippen LogP contribution >= 0.6 is 0 Å². The molecule has 21 heavy (non-hydrogen) atoms. The molecule has 0 radical (unpaired) electrons. The molecule has 3 rings (SSSR count). The summed E-state index contributed by atoms with van der Waals surface area (Å²) in [6.07, 6.45) is 4.39. The number of imidazole rings is 1. The first-order valence-corrected chi connectivity index (χ1v) is 7.08. The molecule has 2 heterocycles. The first-order valence-electron chi connectivity index (χ1n) is 7.08. The third kappa shape index (κ3) is 2.65. The number of hydrogen-bond acceptors (Lipinski definition) is 3. The van der Waals surface area contributed by atoms with Crippen LogP contribution in [0.1, 0.15) is 18.3 Å². The van der Waals surface area contributed by atoms with E-state index in [1.807, 2.05) is 30.3 Å². The molecule has 0 spiro atoms. The standard InChI is InChI=1S/C17H18N4/c1-2-15-20-16(14-9-6-10-19-11-14)17(18)21(15)12-13-7-4-3-5-8-13/h3-11H,2,12,18H2,1H3. The Kier molecular flexibility index (Phi) is 3.69. The van der Waals surface area contributed by atoms with Crippen molar-refractivity contribution in [2.24, 2.45) is 0 Å². The first kappa shape index (κ1) is 13.4. The average molecular weight is 278 g/mol. The third-order valence-electron chi connectivity index (χ3n) is 3.52. The van der Waals surface area contributed by atoms with Gasteiger partial charge < -0.3 is 10.3 Å². The lowest BCUT2D eigenvalue weighted by Crippen LogP contribution is -2.07. The molecule has 0 unspecified atom stereocenters. The van der Waals surface area contributed by atoms with Crippen LogP contribution in [0.25, 0.3) is 11.3 Å². The molecule has 0 aliphatic heterocycles. The second-order valence-corrected chi connectivity index (χ2v) is 4.93. The fourth-order valence-corrected chi connectivity index (χ4v) is 2.44. The molecular formula is C17H18N4. The quantitative estimate of drug-likeness (QED) is 0.797. The van der Waals surface area contributed by atoms with Crippen molar-refractivity contribution < 1.29 is 0 Å². The molecule has 4 heteroatoms. The Labute approximate surface area is 124 Å². The molecule has 106 valence electrons. The lowest BCUT2D eigenvalue weighted by Gasteiger charge is -2.09. The van der Waals surface area contributed by atoms with Crippen molar-refractivity contribution in [2.75, 3.05) is 5.73 Å². The van der Waals surface area contributed by atoms with E-state index < -0.39 is 0 Å². The largest absolute Gasteiger partial charge is 0.383 e. The Balaban J connectivity index is 2.03. The van der Waals surface area contributed by atoms with E-state index in [0.717, 1.165) is 30.0 Å². The van der Waals surface area contributed by atoms with Crippen LogP contribution in [0.3, 0.4) is 0 Å². The zero-order valence-corrected chi connectivity index (χ0v) is 12.0. The molecule has 0 fully saturated rings. The predicted molar refractivity (Wildman–Crippen MR) is 84.8 cm³/mol. The summed E-state index contributed by atoms with van der Waals surface area (Å²) in [4.78, 5) is 8.84. The van der Waals surface area contributed by atoms with E-state index in [1.165, 1.54) is 5.56 Å². The molecule has 2 N–H and O–H groups in total. The first-order chi connectivity index (χ1) is 10.3. The van der Waals surface area contributed by atoms with Crippen LogP contribution in [0.15, 0.2) is 54.9 Å². The van der Waals surface area contributed by atoms with Crippen LogP contribution < -0.4 is 5.73 Å². The van der Waals surface area contributed by atoms with Gasteiger partial charge in [-0.2, -0.15) is 0 Å². The number of nitrogens with zero attached hydrogens (tertiary/aromatic N) is 3. The smallest absolute Gasteiger partial charge is 0.132 e. The van der Waals surface area contributed by atoms with Crippen molar-refractivity contribution in [2.45, 2.75) is 19.9 Å². The number of aryl methyl sites for hydroxylation is 1. The van der Waals surface area contributed by atoms with E-state index in [9.17, 15) is 0 Å². The molecule has 0 saturated heterocycles. The summed E-state index contributed by atoms with van der Waals surface area (Å²) in [5, 5.41) is 0. The van der Waals surface area contributed by atoms with Crippen molar-refractivity contribution in [3.8, 4) is 11.3 Å². The van der Waals surface area contributed by atoms with Gasteiger partial charge in [-0.1, -0.05) is 37.3 Å². The highest BCUT2D eigenvalue weighted by Crippen LogP contribution is 2.26. The molecule has 3 aromatic rings. The predicted octanol–water partition coefficient (Wildman–Crippen LogP) is 3.14. The molecular weight excluding hydrogens is 260 g/mol. The van der Waals surface area contributed by atoms with Gasteiger partial charge in [0.15, 0.2) is 0 Å². The molecule has 1 aromatic carbocycles. The highest BCUT2D eigenvalue weighted by molar-refractivity contribution is 5.70. The van der Waals surface area contributed by atoms with Gasteiger partial charge in [0.1, 0.15) is 17.3 Å². The lowest BCUT2D eigenvalue weighted by atomic mass is 10.2. The van der Waals surface area contributed by atoms with Crippen LogP contribution in [-0.2, 0) is 13.0 Å². The second-order valence-electron chi connectivity index (χ2n) is 4.93.